The van der Waals surface area contributed by atoms with Crippen molar-refractivity contribution in [2.24, 2.45) is 0 Å². The first-order valence-corrected chi connectivity index (χ1v) is 9.86. The first-order chi connectivity index (χ1) is 14.9. The predicted molar refractivity (Wildman–Crippen MR) is 113 cm³/mol. The van der Waals surface area contributed by atoms with E-state index in [1.165, 1.54) is 13.2 Å². The van der Waals surface area contributed by atoms with Crippen molar-refractivity contribution in [2.75, 3.05) is 33.0 Å². The number of ether oxygens (including phenoxy) is 2. The Labute approximate surface area is 179 Å². The highest BCUT2D eigenvalue weighted by Crippen LogP contribution is 2.32. The molecule has 1 aromatic heterocycles. The Kier molecular flexibility index (Phi) is 5.50. The molecule has 1 aliphatic heterocycles. The summed E-state index contributed by atoms with van der Waals surface area (Å²) in [6.45, 7) is 3.08. The molecule has 1 aliphatic rings. The number of rotatable bonds is 5. The van der Waals surface area contributed by atoms with Crippen LogP contribution in [0.3, 0.4) is 0 Å². The van der Waals surface area contributed by atoms with Gasteiger partial charge in [0, 0.05) is 29.9 Å². The summed E-state index contributed by atoms with van der Waals surface area (Å²) in [7, 11) is 2.97. The molecule has 31 heavy (non-hydrogen) atoms. The lowest BCUT2D eigenvalue weighted by atomic mass is 9.99. The summed E-state index contributed by atoms with van der Waals surface area (Å²) in [4.78, 5) is 13.3. The van der Waals surface area contributed by atoms with Crippen LogP contribution in [0.4, 0.5) is 14.9 Å². The lowest BCUT2D eigenvalue weighted by Crippen LogP contribution is -2.49. The van der Waals surface area contributed by atoms with E-state index in [0.717, 1.165) is 17.1 Å². The molecule has 0 spiro atoms. The number of hydrogen-bond acceptors (Lipinski definition) is 6. The van der Waals surface area contributed by atoms with Crippen molar-refractivity contribution >= 4 is 11.8 Å². The van der Waals surface area contributed by atoms with Gasteiger partial charge in [0.15, 0.2) is 5.82 Å². The molecule has 162 valence electrons. The highest BCUT2D eigenvalue weighted by atomic mass is 19.1. The Balaban J connectivity index is 1.71. The molecule has 8 nitrogen and oxygen atoms in total. The van der Waals surface area contributed by atoms with E-state index in [4.69, 9.17) is 15.2 Å². The van der Waals surface area contributed by atoms with Crippen molar-refractivity contribution in [1.29, 1.82) is 0 Å². The summed E-state index contributed by atoms with van der Waals surface area (Å²) in [5, 5.41) is 8.74. The number of nitrogen functional groups attached to an aromatic ring is 1. The first-order valence-electron chi connectivity index (χ1n) is 9.86. The number of amides is 1. The molecule has 1 amide bonds. The summed E-state index contributed by atoms with van der Waals surface area (Å²) < 4.78 is 26.3. The molecule has 0 bridgehead atoms. The summed E-state index contributed by atoms with van der Waals surface area (Å²) >= 11 is 0. The van der Waals surface area contributed by atoms with Crippen LogP contribution in [-0.4, -0.2) is 53.1 Å². The van der Waals surface area contributed by atoms with Gasteiger partial charge < -0.3 is 24.7 Å². The van der Waals surface area contributed by atoms with Crippen LogP contribution in [0.5, 0.6) is 5.75 Å². The third-order valence-corrected chi connectivity index (χ3v) is 5.60. The second-order valence-electron chi connectivity index (χ2n) is 7.56. The average Bonchev–Trinajstić information content (AvgIpc) is 3.14. The van der Waals surface area contributed by atoms with Crippen LogP contribution in [0.1, 0.15) is 22.9 Å². The van der Waals surface area contributed by atoms with Gasteiger partial charge in [0.25, 0.3) is 0 Å². The smallest absolute Gasteiger partial charge is 0.409 e. The molecule has 4 rings (SSSR count). The van der Waals surface area contributed by atoms with E-state index in [2.05, 4.69) is 10.2 Å². The second kappa shape index (κ2) is 8.25. The number of hydrogen-bond donors (Lipinski definition) is 1. The molecular weight excluding hydrogens is 401 g/mol. The molecule has 2 N–H and O–H groups in total. The summed E-state index contributed by atoms with van der Waals surface area (Å²) in [6, 6.07) is 10.8. The number of nitrogens with zero attached hydrogens (tertiary/aromatic N) is 4. The Morgan fingerprint density at radius 3 is 2.52 bits per heavy atom. The number of nitrogens with two attached hydrogens (primary N) is 1. The Morgan fingerprint density at radius 2 is 1.90 bits per heavy atom. The molecule has 0 atom stereocenters. The van der Waals surface area contributed by atoms with E-state index >= 15 is 0 Å². The molecule has 3 aromatic rings. The number of halogens is 1. The molecule has 9 heteroatoms. The third kappa shape index (κ3) is 3.90. The molecule has 0 aliphatic carbocycles. The number of methoxy groups -OCH3 is 2. The van der Waals surface area contributed by atoms with Gasteiger partial charge in [0.05, 0.1) is 26.7 Å². The molecule has 0 saturated carbocycles. The van der Waals surface area contributed by atoms with Gasteiger partial charge in [-0.05, 0) is 36.8 Å². The Bertz CT molecular complexity index is 1080. The van der Waals surface area contributed by atoms with Gasteiger partial charge in [-0.25, -0.2) is 9.18 Å². The molecule has 2 aromatic carbocycles. The lowest BCUT2D eigenvalue weighted by molar-refractivity contribution is 0.0855. The van der Waals surface area contributed by atoms with Crippen LogP contribution in [0.15, 0.2) is 36.4 Å². The Hall–Kier alpha value is -3.62. The summed E-state index contributed by atoms with van der Waals surface area (Å²) in [5.74, 6) is 1.62. The highest BCUT2D eigenvalue weighted by Gasteiger charge is 2.36. The third-order valence-electron chi connectivity index (χ3n) is 5.60. The van der Waals surface area contributed by atoms with E-state index in [1.807, 2.05) is 28.8 Å². The SMILES string of the molecule is COC(=O)N1CC(c2nnc(-c3cc(N)c(C)c(F)c3)n2Cc2ccc(OC)cc2)C1. The maximum absolute atomic E-state index is 14.4. The van der Waals surface area contributed by atoms with Crippen LogP contribution >= 0.6 is 0 Å². The zero-order valence-corrected chi connectivity index (χ0v) is 17.6. The van der Waals surface area contributed by atoms with E-state index in [1.54, 1.807) is 25.0 Å². The van der Waals surface area contributed by atoms with Gasteiger partial charge in [0.2, 0.25) is 0 Å². The maximum Gasteiger partial charge on any atom is 0.409 e. The van der Waals surface area contributed by atoms with Gasteiger partial charge in [-0.1, -0.05) is 12.1 Å². The van der Waals surface area contributed by atoms with Gasteiger partial charge in [-0.15, -0.1) is 10.2 Å². The zero-order valence-electron chi connectivity index (χ0n) is 17.6. The molecular formula is C22H24FN5O3. The summed E-state index contributed by atoms with van der Waals surface area (Å²) in [6.07, 6.45) is -0.369. The molecule has 1 fully saturated rings. The van der Waals surface area contributed by atoms with E-state index in [0.29, 0.717) is 42.3 Å². The fourth-order valence-corrected chi connectivity index (χ4v) is 3.65. The van der Waals surface area contributed by atoms with Gasteiger partial charge >= 0.3 is 6.09 Å². The summed E-state index contributed by atoms with van der Waals surface area (Å²) in [5.41, 5.74) is 8.31. The number of carbonyl (C=O) groups excluding carboxylic acids is 1. The molecule has 2 heterocycles. The molecule has 0 radical (unpaired) electrons. The zero-order chi connectivity index (χ0) is 22.1. The standard InChI is InChI=1S/C22H24FN5O3/c1-13-18(23)8-15(9-19(13)24)20-25-26-21(16-11-27(12-16)22(29)31-3)28(20)10-14-4-6-17(30-2)7-5-14/h4-9,16H,10-12,24H2,1-3H3. The number of aromatic nitrogens is 3. The normalized spacial score (nSPS) is 13.7. The minimum absolute atomic E-state index is 0.00578. The lowest BCUT2D eigenvalue weighted by Gasteiger charge is -2.37. The second-order valence-corrected chi connectivity index (χ2v) is 7.56. The van der Waals surface area contributed by atoms with Crippen molar-refractivity contribution < 1.29 is 18.7 Å². The minimum atomic E-state index is -0.393. The fourth-order valence-electron chi connectivity index (χ4n) is 3.65. The first kappa shape index (κ1) is 20.6. The largest absolute Gasteiger partial charge is 0.497 e. The van der Waals surface area contributed by atoms with E-state index in [9.17, 15) is 9.18 Å². The van der Waals surface area contributed by atoms with Crippen molar-refractivity contribution in [1.82, 2.24) is 19.7 Å². The van der Waals surface area contributed by atoms with Crippen molar-refractivity contribution in [3.05, 3.63) is 59.2 Å². The minimum Gasteiger partial charge on any atom is -0.497 e. The predicted octanol–water partition coefficient (Wildman–Crippen LogP) is 3.20. The Morgan fingerprint density at radius 1 is 1.19 bits per heavy atom. The van der Waals surface area contributed by atoms with Gasteiger partial charge in [-0.2, -0.15) is 0 Å². The number of carbonyl (C=O) groups is 1. The molecule has 1 saturated heterocycles. The number of anilines is 1. The van der Waals surface area contributed by atoms with Crippen LogP contribution < -0.4 is 10.5 Å². The van der Waals surface area contributed by atoms with E-state index in [-0.39, 0.29) is 12.0 Å². The quantitative estimate of drug-likeness (QED) is 0.631. The topological polar surface area (TPSA) is 95.5 Å². The van der Waals surface area contributed by atoms with Gasteiger partial charge in [0.1, 0.15) is 17.4 Å². The number of benzene rings is 2. The highest BCUT2D eigenvalue weighted by molar-refractivity contribution is 5.69. The maximum atomic E-state index is 14.4. The van der Waals surface area contributed by atoms with Crippen LogP contribution in [0, 0.1) is 12.7 Å². The number of likely N-dealkylation sites (tertiary alicyclic amines) is 1. The van der Waals surface area contributed by atoms with Crippen LogP contribution in [-0.2, 0) is 11.3 Å². The van der Waals surface area contributed by atoms with E-state index < -0.39 is 5.82 Å². The van der Waals surface area contributed by atoms with Crippen molar-refractivity contribution in [3.8, 4) is 17.1 Å². The monoisotopic (exact) mass is 425 g/mol. The van der Waals surface area contributed by atoms with Crippen LogP contribution in [0.25, 0.3) is 11.4 Å². The van der Waals surface area contributed by atoms with Crippen molar-refractivity contribution in [2.45, 2.75) is 19.4 Å². The van der Waals surface area contributed by atoms with Gasteiger partial charge in [-0.3, -0.25) is 0 Å². The average molecular weight is 425 g/mol. The fraction of sp³-hybridized carbons (Fsp3) is 0.318. The van der Waals surface area contributed by atoms with Crippen LogP contribution in [0.2, 0.25) is 0 Å². The molecule has 0 unspecified atom stereocenters. The van der Waals surface area contributed by atoms with Crippen molar-refractivity contribution in [3.63, 3.8) is 0 Å².